The van der Waals surface area contributed by atoms with E-state index >= 15 is 0 Å². The zero-order valence-electron chi connectivity index (χ0n) is 20.7. The summed E-state index contributed by atoms with van der Waals surface area (Å²) >= 11 is 0. The Labute approximate surface area is 204 Å². The number of aromatic amines is 1. The predicted molar refractivity (Wildman–Crippen MR) is 134 cm³/mol. The standard InChI is InChI=1S/C27H32N4O4/c1-5-35-27(34)20-9-6-8-19(15-20)22-10-7-11-23(25(22)32)28-29-24-18(4)30-31(26(24)33)21-13-12-16(2)17(3)14-21/h7,10-14,19-20,30,32H,5-6,8-9,15H2,1-4H3. The van der Waals surface area contributed by atoms with E-state index in [2.05, 4.69) is 15.3 Å². The van der Waals surface area contributed by atoms with Gasteiger partial charge in [0.2, 0.25) is 0 Å². The summed E-state index contributed by atoms with van der Waals surface area (Å²) in [5.41, 5.74) is 4.44. The normalized spacial score (nSPS) is 18.2. The monoisotopic (exact) mass is 476 g/mol. The Kier molecular flexibility index (Phi) is 7.19. The fourth-order valence-corrected chi connectivity index (χ4v) is 4.71. The van der Waals surface area contributed by atoms with Gasteiger partial charge in [0.1, 0.15) is 11.4 Å². The van der Waals surface area contributed by atoms with Crippen LogP contribution in [0.1, 0.15) is 60.9 Å². The molecule has 0 saturated heterocycles. The lowest BCUT2D eigenvalue weighted by molar-refractivity contribution is -0.149. The van der Waals surface area contributed by atoms with E-state index in [1.54, 1.807) is 19.9 Å². The van der Waals surface area contributed by atoms with Crippen LogP contribution >= 0.6 is 0 Å². The Bertz CT molecular complexity index is 1320. The number of carbonyl (C=O) groups is 1. The second kappa shape index (κ2) is 10.3. The highest BCUT2D eigenvalue weighted by atomic mass is 16.5. The van der Waals surface area contributed by atoms with Gasteiger partial charge in [0, 0.05) is 0 Å². The predicted octanol–water partition coefficient (Wildman–Crippen LogP) is 6.05. The van der Waals surface area contributed by atoms with Crippen LogP contribution in [0.5, 0.6) is 5.75 Å². The molecule has 1 aliphatic carbocycles. The van der Waals surface area contributed by atoms with Crippen molar-refractivity contribution in [2.75, 3.05) is 6.61 Å². The van der Waals surface area contributed by atoms with Crippen molar-refractivity contribution in [3.05, 3.63) is 69.1 Å². The number of aromatic hydroxyl groups is 1. The van der Waals surface area contributed by atoms with Gasteiger partial charge in [-0.3, -0.25) is 14.7 Å². The Morgan fingerprint density at radius 3 is 2.69 bits per heavy atom. The number of hydrogen-bond acceptors (Lipinski definition) is 6. The molecule has 184 valence electrons. The number of para-hydroxylation sites is 1. The second-order valence-corrected chi connectivity index (χ2v) is 9.22. The molecule has 8 nitrogen and oxygen atoms in total. The van der Waals surface area contributed by atoms with E-state index < -0.39 is 0 Å². The van der Waals surface area contributed by atoms with E-state index in [4.69, 9.17) is 4.74 Å². The summed E-state index contributed by atoms with van der Waals surface area (Å²) in [4.78, 5) is 25.3. The number of phenolic OH excluding ortho intramolecular Hbond substituents is 1. The summed E-state index contributed by atoms with van der Waals surface area (Å²) < 4.78 is 6.65. The van der Waals surface area contributed by atoms with Gasteiger partial charge in [0.05, 0.1) is 23.9 Å². The third kappa shape index (κ3) is 5.06. The van der Waals surface area contributed by atoms with Gasteiger partial charge in [-0.1, -0.05) is 24.6 Å². The highest BCUT2D eigenvalue weighted by molar-refractivity contribution is 5.72. The van der Waals surface area contributed by atoms with Crippen molar-refractivity contribution in [2.24, 2.45) is 16.1 Å². The molecule has 1 fully saturated rings. The molecule has 1 aliphatic rings. The first-order chi connectivity index (χ1) is 16.8. The molecule has 1 saturated carbocycles. The average Bonchev–Trinajstić information content (AvgIpc) is 3.13. The van der Waals surface area contributed by atoms with E-state index in [0.29, 0.717) is 24.4 Å². The van der Waals surface area contributed by atoms with Crippen LogP contribution in [0.25, 0.3) is 5.69 Å². The Morgan fingerprint density at radius 2 is 1.94 bits per heavy atom. The molecule has 0 amide bonds. The summed E-state index contributed by atoms with van der Waals surface area (Å²) in [7, 11) is 0. The van der Waals surface area contributed by atoms with Gasteiger partial charge in [0.15, 0.2) is 5.69 Å². The smallest absolute Gasteiger partial charge is 0.308 e. The SMILES string of the molecule is CCOC(=O)C1CCCC(c2cccc(N=Nc3c(C)[nH]n(-c4ccc(C)c(C)c4)c3=O)c2O)C1. The number of hydrogen-bond donors (Lipinski definition) is 2. The highest BCUT2D eigenvalue weighted by Crippen LogP contribution is 2.43. The molecule has 3 aromatic rings. The number of ether oxygens (including phenoxy) is 1. The fraction of sp³-hybridized carbons (Fsp3) is 0.407. The summed E-state index contributed by atoms with van der Waals surface area (Å²) in [6.07, 6.45) is 3.20. The molecule has 1 aromatic heterocycles. The second-order valence-electron chi connectivity index (χ2n) is 9.22. The third-order valence-corrected chi connectivity index (χ3v) is 6.83. The Balaban J connectivity index is 1.59. The lowest BCUT2D eigenvalue weighted by atomic mass is 9.77. The number of benzene rings is 2. The number of esters is 1. The molecule has 1 heterocycles. The first-order valence-corrected chi connectivity index (χ1v) is 12.1. The fourth-order valence-electron chi connectivity index (χ4n) is 4.71. The summed E-state index contributed by atoms with van der Waals surface area (Å²) in [5, 5.41) is 22.5. The van der Waals surface area contributed by atoms with Crippen LogP contribution in [-0.4, -0.2) is 27.5 Å². The molecule has 0 bridgehead atoms. The summed E-state index contributed by atoms with van der Waals surface area (Å²) in [6.45, 7) is 7.96. The van der Waals surface area contributed by atoms with Crippen molar-refractivity contribution in [1.82, 2.24) is 9.78 Å². The summed E-state index contributed by atoms with van der Waals surface area (Å²) in [5.74, 6) is -0.266. The number of rotatable bonds is 6. The summed E-state index contributed by atoms with van der Waals surface area (Å²) in [6, 6.07) is 11.1. The number of carbonyl (C=O) groups excluding carboxylic acids is 1. The van der Waals surface area contributed by atoms with Crippen LogP contribution in [-0.2, 0) is 9.53 Å². The maximum absolute atomic E-state index is 13.0. The van der Waals surface area contributed by atoms with Gasteiger partial charge in [-0.05, 0) is 87.8 Å². The third-order valence-electron chi connectivity index (χ3n) is 6.83. The van der Waals surface area contributed by atoms with E-state index in [1.807, 2.05) is 44.2 Å². The molecule has 35 heavy (non-hydrogen) atoms. The van der Waals surface area contributed by atoms with Crippen LogP contribution in [0.3, 0.4) is 0 Å². The van der Waals surface area contributed by atoms with Gasteiger partial charge in [-0.15, -0.1) is 10.2 Å². The van der Waals surface area contributed by atoms with Crippen molar-refractivity contribution in [1.29, 1.82) is 0 Å². The van der Waals surface area contributed by atoms with E-state index in [-0.39, 0.29) is 34.8 Å². The molecule has 2 atom stereocenters. The molecule has 2 unspecified atom stereocenters. The van der Waals surface area contributed by atoms with Gasteiger partial charge in [-0.25, -0.2) is 4.68 Å². The zero-order valence-corrected chi connectivity index (χ0v) is 20.7. The van der Waals surface area contributed by atoms with Crippen LogP contribution in [0.15, 0.2) is 51.4 Å². The number of H-pyrrole nitrogens is 1. The quantitative estimate of drug-likeness (QED) is 0.333. The topological polar surface area (TPSA) is 109 Å². The zero-order chi connectivity index (χ0) is 25.1. The van der Waals surface area contributed by atoms with Crippen molar-refractivity contribution in [2.45, 2.75) is 59.3 Å². The van der Waals surface area contributed by atoms with Crippen LogP contribution in [0.2, 0.25) is 0 Å². The number of nitrogens with zero attached hydrogens (tertiary/aromatic N) is 3. The minimum atomic E-state index is -0.310. The minimum Gasteiger partial charge on any atom is -0.505 e. The number of azo groups is 1. The number of nitrogens with one attached hydrogen (secondary N) is 1. The van der Waals surface area contributed by atoms with Crippen LogP contribution in [0.4, 0.5) is 11.4 Å². The van der Waals surface area contributed by atoms with E-state index in [0.717, 1.165) is 41.6 Å². The van der Waals surface area contributed by atoms with Crippen LogP contribution < -0.4 is 5.56 Å². The maximum atomic E-state index is 13.0. The molecular formula is C27H32N4O4. The number of phenols is 1. The number of aromatic nitrogens is 2. The molecule has 4 rings (SSSR count). The molecule has 0 spiro atoms. The molecular weight excluding hydrogens is 444 g/mol. The largest absolute Gasteiger partial charge is 0.505 e. The van der Waals surface area contributed by atoms with Gasteiger partial charge in [-0.2, -0.15) is 0 Å². The lowest BCUT2D eigenvalue weighted by Gasteiger charge is -2.28. The molecule has 0 aliphatic heterocycles. The maximum Gasteiger partial charge on any atom is 0.308 e. The number of aryl methyl sites for hydroxylation is 3. The van der Waals surface area contributed by atoms with Gasteiger partial charge < -0.3 is 9.84 Å². The first kappa shape index (κ1) is 24.4. The molecule has 0 radical (unpaired) electrons. The molecule has 2 aromatic carbocycles. The van der Waals surface area contributed by atoms with Crippen molar-refractivity contribution in [3.8, 4) is 11.4 Å². The van der Waals surface area contributed by atoms with Gasteiger partial charge in [0.25, 0.3) is 5.56 Å². The minimum absolute atomic E-state index is 0.0318. The van der Waals surface area contributed by atoms with Crippen molar-refractivity contribution in [3.63, 3.8) is 0 Å². The molecule has 8 heteroatoms. The highest BCUT2D eigenvalue weighted by Gasteiger charge is 2.30. The van der Waals surface area contributed by atoms with Gasteiger partial charge >= 0.3 is 5.97 Å². The van der Waals surface area contributed by atoms with Crippen molar-refractivity contribution >= 4 is 17.3 Å². The Hall–Kier alpha value is -3.68. The van der Waals surface area contributed by atoms with Crippen molar-refractivity contribution < 1.29 is 14.6 Å². The average molecular weight is 477 g/mol. The Morgan fingerprint density at radius 1 is 1.14 bits per heavy atom. The first-order valence-electron chi connectivity index (χ1n) is 12.1. The van der Waals surface area contributed by atoms with E-state index in [9.17, 15) is 14.7 Å². The van der Waals surface area contributed by atoms with Crippen LogP contribution in [0, 0.1) is 26.7 Å². The lowest BCUT2D eigenvalue weighted by Crippen LogP contribution is -2.24. The van der Waals surface area contributed by atoms with E-state index in [1.165, 1.54) is 4.68 Å². The molecule has 2 N–H and O–H groups in total.